The lowest BCUT2D eigenvalue weighted by Crippen LogP contribution is -2.55. The first-order valence-electron chi connectivity index (χ1n) is 4.20. The van der Waals surface area contributed by atoms with Crippen molar-refractivity contribution in [2.24, 2.45) is 0 Å². The van der Waals surface area contributed by atoms with Gasteiger partial charge in [-0.25, -0.2) is 0 Å². The third-order valence-electron chi connectivity index (χ3n) is 2.27. The second-order valence-corrected chi connectivity index (χ2v) is 3.02. The van der Waals surface area contributed by atoms with Gasteiger partial charge in [-0.05, 0) is 0 Å². The van der Waals surface area contributed by atoms with Crippen LogP contribution in [-0.4, -0.2) is 62.1 Å². The van der Waals surface area contributed by atoms with Crippen LogP contribution in [0.15, 0.2) is 0 Å². The molecule has 0 aromatic heterocycles. The van der Waals surface area contributed by atoms with E-state index in [1.165, 1.54) is 14.2 Å². The molecule has 0 saturated carbocycles. The summed E-state index contributed by atoms with van der Waals surface area (Å²) in [4.78, 5) is 0. The number of ether oxygens (including phenoxy) is 3. The molecule has 0 spiro atoms. The molecule has 1 fully saturated rings. The molecular formula is C8H16O5. The maximum absolute atomic E-state index is 9.47. The molecule has 0 amide bonds. The highest BCUT2D eigenvalue weighted by atomic mass is 16.6. The summed E-state index contributed by atoms with van der Waals surface area (Å²) in [5.41, 5.74) is 0. The van der Waals surface area contributed by atoms with E-state index in [2.05, 4.69) is 0 Å². The van der Waals surface area contributed by atoms with Crippen LogP contribution < -0.4 is 0 Å². The van der Waals surface area contributed by atoms with Crippen molar-refractivity contribution in [2.75, 3.05) is 27.4 Å². The molecule has 4 atom stereocenters. The van der Waals surface area contributed by atoms with Gasteiger partial charge in [0.2, 0.25) is 0 Å². The normalized spacial score (nSPS) is 40.6. The summed E-state index contributed by atoms with van der Waals surface area (Å²) in [7, 11) is 3.00. The maximum atomic E-state index is 9.47. The van der Waals surface area contributed by atoms with Gasteiger partial charge in [0, 0.05) is 14.2 Å². The van der Waals surface area contributed by atoms with Crippen molar-refractivity contribution in [1.29, 1.82) is 0 Å². The van der Waals surface area contributed by atoms with Gasteiger partial charge in [-0.15, -0.1) is 0 Å². The summed E-state index contributed by atoms with van der Waals surface area (Å²) in [6.45, 7) is 0.0364. The topological polar surface area (TPSA) is 68.2 Å². The van der Waals surface area contributed by atoms with Crippen LogP contribution in [0.3, 0.4) is 0 Å². The van der Waals surface area contributed by atoms with Crippen LogP contribution in [0.2, 0.25) is 0 Å². The fraction of sp³-hybridized carbons (Fsp3) is 1.00. The van der Waals surface area contributed by atoms with Crippen LogP contribution in [-0.2, 0) is 14.2 Å². The number of aliphatic hydroxyl groups excluding tert-OH is 2. The number of hydrogen-bond donors (Lipinski definition) is 2. The first kappa shape index (κ1) is 10.9. The van der Waals surface area contributed by atoms with Crippen molar-refractivity contribution in [3.8, 4) is 0 Å². The molecular weight excluding hydrogens is 176 g/mol. The minimum absolute atomic E-state index is 0.134. The summed E-state index contributed by atoms with van der Waals surface area (Å²) < 4.78 is 15.3. The average molecular weight is 192 g/mol. The molecule has 1 rings (SSSR count). The Labute approximate surface area is 77.2 Å². The fourth-order valence-corrected chi connectivity index (χ4v) is 1.58. The Morgan fingerprint density at radius 1 is 1.31 bits per heavy atom. The van der Waals surface area contributed by atoms with E-state index >= 15 is 0 Å². The highest BCUT2D eigenvalue weighted by Gasteiger charge is 2.39. The highest BCUT2D eigenvalue weighted by Crippen LogP contribution is 2.19. The lowest BCUT2D eigenvalue weighted by atomic mass is 10.0. The third-order valence-corrected chi connectivity index (χ3v) is 2.27. The van der Waals surface area contributed by atoms with Gasteiger partial charge in [-0.2, -0.15) is 0 Å². The number of hydrogen-bond acceptors (Lipinski definition) is 5. The van der Waals surface area contributed by atoms with Crippen LogP contribution in [0, 0.1) is 0 Å². The zero-order valence-electron chi connectivity index (χ0n) is 7.84. The summed E-state index contributed by atoms with van der Waals surface area (Å²) in [6, 6.07) is 0. The molecule has 0 aliphatic carbocycles. The van der Waals surface area contributed by atoms with Crippen LogP contribution in [0.25, 0.3) is 0 Å². The van der Waals surface area contributed by atoms with Crippen molar-refractivity contribution in [3.05, 3.63) is 0 Å². The number of aliphatic hydroxyl groups is 2. The minimum Gasteiger partial charge on any atom is -0.394 e. The Morgan fingerprint density at radius 3 is 2.38 bits per heavy atom. The predicted octanol–water partition coefficient (Wildman–Crippen LogP) is -1.23. The molecule has 1 saturated heterocycles. The van der Waals surface area contributed by atoms with E-state index in [1.807, 2.05) is 0 Å². The summed E-state index contributed by atoms with van der Waals surface area (Å²) in [5.74, 6) is 0. The molecule has 5 nitrogen and oxygen atoms in total. The van der Waals surface area contributed by atoms with Crippen LogP contribution >= 0.6 is 0 Å². The third kappa shape index (κ3) is 2.18. The maximum Gasteiger partial charge on any atom is 0.114 e. The first-order valence-corrected chi connectivity index (χ1v) is 4.20. The van der Waals surface area contributed by atoms with Gasteiger partial charge in [0.05, 0.1) is 13.2 Å². The first-order chi connectivity index (χ1) is 6.24. The van der Waals surface area contributed by atoms with Crippen LogP contribution in [0.4, 0.5) is 0 Å². The van der Waals surface area contributed by atoms with Crippen molar-refractivity contribution < 1.29 is 24.4 Å². The molecule has 1 aliphatic rings. The van der Waals surface area contributed by atoms with E-state index in [4.69, 9.17) is 19.3 Å². The molecule has 1 aliphatic heterocycles. The average Bonchev–Trinajstić information content (AvgIpc) is 2.17. The van der Waals surface area contributed by atoms with Crippen molar-refractivity contribution in [1.82, 2.24) is 0 Å². The quantitative estimate of drug-likeness (QED) is 0.586. The van der Waals surface area contributed by atoms with Crippen LogP contribution in [0.1, 0.15) is 0 Å². The monoisotopic (exact) mass is 192 g/mol. The SMILES string of the molecule is CO[C@H]1[C@H](OC)[C@H](CO)OC[C@H]1O. The van der Waals surface area contributed by atoms with Crippen LogP contribution in [0.5, 0.6) is 0 Å². The molecule has 0 radical (unpaired) electrons. The molecule has 13 heavy (non-hydrogen) atoms. The molecule has 0 unspecified atom stereocenters. The van der Waals surface area contributed by atoms with E-state index in [0.717, 1.165) is 0 Å². The van der Waals surface area contributed by atoms with Crippen molar-refractivity contribution in [3.63, 3.8) is 0 Å². The zero-order chi connectivity index (χ0) is 9.84. The second kappa shape index (κ2) is 4.88. The van der Waals surface area contributed by atoms with E-state index < -0.39 is 24.4 Å². The Kier molecular flexibility index (Phi) is 4.08. The predicted molar refractivity (Wildman–Crippen MR) is 44.4 cm³/mol. The van der Waals surface area contributed by atoms with E-state index in [9.17, 15) is 5.11 Å². The molecule has 5 heteroatoms. The standard InChI is InChI=1S/C8H16O5/c1-11-7-5(10)4-13-6(3-9)8(7)12-2/h5-10H,3-4H2,1-2H3/t5-,6+,7-,8-/m1/s1. The van der Waals surface area contributed by atoms with Gasteiger partial charge < -0.3 is 24.4 Å². The molecule has 2 N–H and O–H groups in total. The van der Waals surface area contributed by atoms with Gasteiger partial charge in [0.25, 0.3) is 0 Å². The Hall–Kier alpha value is -0.200. The molecule has 0 aromatic carbocycles. The Balaban J connectivity index is 2.64. The summed E-state index contributed by atoms with van der Waals surface area (Å²) >= 11 is 0. The molecule has 0 bridgehead atoms. The van der Waals surface area contributed by atoms with Gasteiger partial charge in [-0.1, -0.05) is 0 Å². The van der Waals surface area contributed by atoms with Gasteiger partial charge in [0.1, 0.15) is 24.4 Å². The van der Waals surface area contributed by atoms with E-state index in [0.29, 0.717) is 0 Å². The smallest absolute Gasteiger partial charge is 0.114 e. The fourth-order valence-electron chi connectivity index (χ4n) is 1.58. The lowest BCUT2D eigenvalue weighted by Gasteiger charge is -2.38. The molecule has 78 valence electrons. The Bertz CT molecular complexity index is 151. The largest absolute Gasteiger partial charge is 0.394 e. The number of rotatable bonds is 3. The zero-order valence-corrected chi connectivity index (χ0v) is 7.84. The van der Waals surface area contributed by atoms with E-state index in [1.54, 1.807) is 0 Å². The highest BCUT2D eigenvalue weighted by molar-refractivity contribution is 4.88. The summed E-state index contributed by atoms with van der Waals surface area (Å²) in [6.07, 6.45) is -1.97. The van der Waals surface area contributed by atoms with Gasteiger partial charge in [-0.3, -0.25) is 0 Å². The van der Waals surface area contributed by atoms with Gasteiger partial charge in [0.15, 0.2) is 0 Å². The molecule has 0 aromatic rings. The number of methoxy groups -OCH3 is 2. The second-order valence-electron chi connectivity index (χ2n) is 3.02. The molecule has 1 heterocycles. The van der Waals surface area contributed by atoms with Gasteiger partial charge >= 0.3 is 0 Å². The van der Waals surface area contributed by atoms with Crippen molar-refractivity contribution >= 4 is 0 Å². The summed E-state index contributed by atoms with van der Waals surface area (Å²) in [5, 5.41) is 18.4. The minimum atomic E-state index is -0.697. The van der Waals surface area contributed by atoms with Crippen molar-refractivity contribution in [2.45, 2.75) is 24.4 Å². The Morgan fingerprint density at radius 2 is 1.92 bits per heavy atom. The lowest BCUT2D eigenvalue weighted by molar-refractivity contribution is -0.211. The van der Waals surface area contributed by atoms with E-state index in [-0.39, 0.29) is 13.2 Å².